The fourth-order valence-corrected chi connectivity index (χ4v) is 3.20. The first-order valence-corrected chi connectivity index (χ1v) is 7.36. The quantitative estimate of drug-likeness (QED) is 0.806. The van der Waals surface area contributed by atoms with Gasteiger partial charge < -0.3 is 10.6 Å². The van der Waals surface area contributed by atoms with Crippen molar-refractivity contribution in [1.29, 1.82) is 0 Å². The Morgan fingerprint density at radius 1 is 1.42 bits per heavy atom. The number of hydrogen-bond acceptors (Lipinski definition) is 3. The second kappa shape index (κ2) is 5.41. The van der Waals surface area contributed by atoms with Gasteiger partial charge in [-0.2, -0.15) is 11.8 Å². The standard InChI is InChI=1S/C14H19FN2OS/c1-14(2)5-6-17(7-8-19-14)13(18)11-4-3-10(16)9-12(11)15/h3-4,9H,5-8,16H2,1-2H3. The monoisotopic (exact) mass is 282 g/mol. The number of amides is 1. The van der Waals surface area contributed by atoms with E-state index in [4.69, 9.17) is 5.73 Å². The smallest absolute Gasteiger partial charge is 0.256 e. The van der Waals surface area contributed by atoms with Crippen LogP contribution in [0.25, 0.3) is 0 Å². The van der Waals surface area contributed by atoms with Crippen molar-refractivity contribution in [2.75, 3.05) is 24.6 Å². The summed E-state index contributed by atoms with van der Waals surface area (Å²) < 4.78 is 14.0. The van der Waals surface area contributed by atoms with E-state index < -0.39 is 5.82 Å². The van der Waals surface area contributed by atoms with Crippen molar-refractivity contribution >= 4 is 23.4 Å². The Morgan fingerprint density at radius 2 is 2.16 bits per heavy atom. The number of nitrogens with zero attached hydrogens (tertiary/aromatic N) is 1. The van der Waals surface area contributed by atoms with Crippen molar-refractivity contribution < 1.29 is 9.18 Å². The van der Waals surface area contributed by atoms with Crippen LogP contribution < -0.4 is 5.73 Å². The van der Waals surface area contributed by atoms with Gasteiger partial charge in [0, 0.05) is 29.3 Å². The van der Waals surface area contributed by atoms with Gasteiger partial charge in [0.1, 0.15) is 5.82 Å². The van der Waals surface area contributed by atoms with E-state index in [1.165, 1.54) is 12.1 Å². The number of halogens is 1. The summed E-state index contributed by atoms with van der Waals surface area (Å²) in [5.74, 6) is 0.104. The first-order chi connectivity index (χ1) is 8.89. The van der Waals surface area contributed by atoms with Crippen molar-refractivity contribution in [1.82, 2.24) is 4.90 Å². The Balaban J connectivity index is 2.15. The molecule has 0 unspecified atom stereocenters. The summed E-state index contributed by atoms with van der Waals surface area (Å²) in [4.78, 5) is 14.1. The highest BCUT2D eigenvalue weighted by Crippen LogP contribution is 2.31. The lowest BCUT2D eigenvalue weighted by Gasteiger charge is -2.23. The van der Waals surface area contributed by atoms with Crippen LogP contribution in [0.4, 0.5) is 10.1 Å². The number of thioether (sulfide) groups is 1. The molecule has 1 aromatic carbocycles. The summed E-state index contributed by atoms with van der Waals surface area (Å²) in [5.41, 5.74) is 5.94. The fraction of sp³-hybridized carbons (Fsp3) is 0.500. The van der Waals surface area contributed by atoms with Crippen molar-refractivity contribution in [2.24, 2.45) is 0 Å². The minimum absolute atomic E-state index is 0.110. The van der Waals surface area contributed by atoms with E-state index in [0.717, 1.165) is 12.2 Å². The van der Waals surface area contributed by atoms with Gasteiger partial charge in [0.25, 0.3) is 5.91 Å². The van der Waals surface area contributed by atoms with Crippen LogP contribution in [0.5, 0.6) is 0 Å². The molecule has 3 nitrogen and oxygen atoms in total. The number of benzene rings is 1. The molecule has 0 spiro atoms. The molecule has 1 aliphatic heterocycles. The molecular formula is C14H19FN2OS. The Bertz CT molecular complexity index is 490. The molecule has 1 heterocycles. The molecule has 5 heteroatoms. The normalized spacial score (nSPS) is 19.0. The molecule has 1 fully saturated rings. The molecule has 0 atom stereocenters. The van der Waals surface area contributed by atoms with E-state index in [9.17, 15) is 9.18 Å². The van der Waals surface area contributed by atoms with E-state index in [2.05, 4.69) is 13.8 Å². The third-order valence-corrected chi connectivity index (χ3v) is 4.72. The number of nitrogens with two attached hydrogens (primary N) is 1. The van der Waals surface area contributed by atoms with Gasteiger partial charge in [-0.25, -0.2) is 4.39 Å². The second-order valence-corrected chi connectivity index (χ2v) is 7.19. The van der Waals surface area contributed by atoms with Crippen LogP contribution in [0.2, 0.25) is 0 Å². The molecule has 0 aliphatic carbocycles. The maximum Gasteiger partial charge on any atom is 0.256 e. The lowest BCUT2D eigenvalue weighted by molar-refractivity contribution is 0.0760. The molecule has 0 radical (unpaired) electrons. The first kappa shape index (κ1) is 14.2. The molecule has 2 rings (SSSR count). The molecule has 104 valence electrons. The largest absolute Gasteiger partial charge is 0.399 e. The summed E-state index contributed by atoms with van der Waals surface area (Å²) in [6.45, 7) is 5.68. The topological polar surface area (TPSA) is 46.3 Å². The van der Waals surface area contributed by atoms with E-state index in [1.54, 1.807) is 11.0 Å². The van der Waals surface area contributed by atoms with Crippen LogP contribution in [-0.2, 0) is 0 Å². The zero-order valence-corrected chi connectivity index (χ0v) is 12.1. The van der Waals surface area contributed by atoms with Crippen molar-refractivity contribution in [3.63, 3.8) is 0 Å². The predicted molar refractivity (Wildman–Crippen MR) is 77.9 cm³/mol. The highest BCUT2D eigenvalue weighted by Gasteiger charge is 2.27. The number of nitrogen functional groups attached to an aromatic ring is 1. The van der Waals surface area contributed by atoms with Crippen LogP contribution in [0.3, 0.4) is 0 Å². The number of carbonyl (C=O) groups is 1. The molecule has 1 amide bonds. The Hall–Kier alpha value is -1.23. The molecule has 1 aliphatic rings. The predicted octanol–water partition coefficient (Wildman–Crippen LogP) is 2.77. The molecule has 1 saturated heterocycles. The van der Waals surface area contributed by atoms with Crippen molar-refractivity contribution in [3.05, 3.63) is 29.6 Å². The maximum absolute atomic E-state index is 13.8. The minimum atomic E-state index is -0.541. The number of carbonyl (C=O) groups excluding carboxylic acids is 1. The van der Waals surface area contributed by atoms with Crippen LogP contribution in [0, 0.1) is 5.82 Å². The summed E-state index contributed by atoms with van der Waals surface area (Å²) >= 11 is 1.86. The van der Waals surface area contributed by atoms with Gasteiger partial charge in [-0.05, 0) is 24.6 Å². The number of anilines is 1. The number of hydrogen-bond donors (Lipinski definition) is 1. The summed E-state index contributed by atoms with van der Waals surface area (Å²) in [6, 6.07) is 4.23. The Labute approximate surface area is 117 Å². The van der Waals surface area contributed by atoms with Gasteiger partial charge in [0.15, 0.2) is 0 Å². The highest BCUT2D eigenvalue weighted by molar-refractivity contribution is 8.00. The molecule has 19 heavy (non-hydrogen) atoms. The van der Waals surface area contributed by atoms with Gasteiger partial charge in [-0.1, -0.05) is 13.8 Å². The Kier molecular flexibility index (Phi) is 4.04. The van der Waals surface area contributed by atoms with Crippen LogP contribution in [0.1, 0.15) is 30.6 Å². The van der Waals surface area contributed by atoms with Crippen LogP contribution in [0.15, 0.2) is 18.2 Å². The molecule has 1 aromatic rings. The zero-order chi connectivity index (χ0) is 14.0. The van der Waals surface area contributed by atoms with Crippen molar-refractivity contribution in [2.45, 2.75) is 25.0 Å². The third kappa shape index (κ3) is 3.41. The average Bonchev–Trinajstić information content (AvgIpc) is 2.49. The lowest BCUT2D eigenvalue weighted by atomic mass is 10.1. The highest BCUT2D eigenvalue weighted by atomic mass is 32.2. The minimum Gasteiger partial charge on any atom is -0.399 e. The fourth-order valence-electron chi connectivity index (χ4n) is 2.10. The average molecular weight is 282 g/mol. The lowest BCUT2D eigenvalue weighted by Crippen LogP contribution is -2.34. The van der Waals surface area contributed by atoms with E-state index in [1.807, 2.05) is 11.8 Å². The maximum atomic E-state index is 13.8. The summed E-state index contributed by atoms with van der Waals surface area (Å²) in [7, 11) is 0. The third-order valence-electron chi connectivity index (χ3n) is 3.35. The van der Waals surface area contributed by atoms with Gasteiger partial charge in [-0.3, -0.25) is 4.79 Å². The SMILES string of the molecule is CC1(C)CCN(C(=O)c2ccc(N)cc2F)CCS1. The van der Waals surface area contributed by atoms with E-state index >= 15 is 0 Å². The molecule has 0 aromatic heterocycles. The molecule has 0 saturated carbocycles. The van der Waals surface area contributed by atoms with Gasteiger partial charge in [0.2, 0.25) is 0 Å². The second-order valence-electron chi connectivity index (χ2n) is 5.39. The molecule has 0 bridgehead atoms. The summed E-state index contributed by atoms with van der Waals surface area (Å²) in [6.07, 6.45) is 0.917. The molecular weight excluding hydrogens is 263 g/mol. The van der Waals surface area contributed by atoms with Crippen molar-refractivity contribution in [3.8, 4) is 0 Å². The summed E-state index contributed by atoms with van der Waals surface area (Å²) in [5, 5.41) is 0. The zero-order valence-electron chi connectivity index (χ0n) is 11.3. The van der Waals surface area contributed by atoms with Gasteiger partial charge in [0.05, 0.1) is 5.56 Å². The van der Waals surface area contributed by atoms with Crippen LogP contribution >= 0.6 is 11.8 Å². The van der Waals surface area contributed by atoms with Gasteiger partial charge in [-0.15, -0.1) is 0 Å². The van der Waals surface area contributed by atoms with Gasteiger partial charge >= 0.3 is 0 Å². The van der Waals surface area contributed by atoms with E-state index in [0.29, 0.717) is 18.8 Å². The number of rotatable bonds is 1. The Morgan fingerprint density at radius 3 is 2.84 bits per heavy atom. The van der Waals surface area contributed by atoms with E-state index in [-0.39, 0.29) is 16.2 Å². The molecule has 2 N–H and O–H groups in total. The van der Waals surface area contributed by atoms with Crippen LogP contribution in [-0.4, -0.2) is 34.4 Å². The first-order valence-electron chi connectivity index (χ1n) is 6.37.